The van der Waals surface area contributed by atoms with Crippen molar-refractivity contribution >= 4 is 35.1 Å². The van der Waals surface area contributed by atoms with Gasteiger partial charge in [0.15, 0.2) is 0 Å². The topological polar surface area (TPSA) is 29.3 Å². The summed E-state index contributed by atoms with van der Waals surface area (Å²) in [6.45, 7) is 2.14. The zero-order valence-corrected chi connectivity index (χ0v) is 11.8. The number of hydrogen-bond acceptors (Lipinski definition) is 3. The first kappa shape index (κ1) is 13.2. The summed E-state index contributed by atoms with van der Waals surface area (Å²) in [5, 5.41) is 2.14. The monoisotopic (exact) mass is 280 g/mol. The lowest BCUT2D eigenvalue weighted by Gasteiger charge is -2.31. The number of rotatable bonds is 2. The van der Waals surface area contributed by atoms with Crippen LogP contribution in [0, 0.1) is 0 Å². The van der Waals surface area contributed by atoms with Gasteiger partial charge in [-0.15, -0.1) is 23.7 Å². The third kappa shape index (κ3) is 2.47. The number of benzene rings is 1. The van der Waals surface area contributed by atoms with Crippen molar-refractivity contribution < 1.29 is 0 Å². The molecule has 0 spiro atoms. The van der Waals surface area contributed by atoms with Crippen LogP contribution in [0.25, 0.3) is 0 Å². The van der Waals surface area contributed by atoms with Crippen molar-refractivity contribution in [3.63, 3.8) is 0 Å². The summed E-state index contributed by atoms with van der Waals surface area (Å²) in [6.07, 6.45) is 2.32. The molecule has 0 atom stereocenters. The number of hydrogen-bond donors (Lipinski definition) is 1. The van der Waals surface area contributed by atoms with E-state index in [2.05, 4.69) is 34.5 Å². The highest BCUT2D eigenvalue weighted by molar-refractivity contribution is 7.09. The van der Waals surface area contributed by atoms with Crippen molar-refractivity contribution in [2.75, 3.05) is 17.2 Å². The molecule has 0 fully saturated rings. The van der Waals surface area contributed by atoms with Crippen LogP contribution < -0.4 is 10.6 Å². The van der Waals surface area contributed by atoms with E-state index in [1.807, 2.05) is 17.4 Å². The summed E-state index contributed by atoms with van der Waals surface area (Å²) in [6, 6.07) is 10.6. The van der Waals surface area contributed by atoms with Crippen LogP contribution in [-0.2, 0) is 13.0 Å². The summed E-state index contributed by atoms with van der Waals surface area (Å²) in [7, 11) is 0. The summed E-state index contributed by atoms with van der Waals surface area (Å²) < 4.78 is 0. The number of nitrogens with zero attached hydrogens (tertiary/aromatic N) is 1. The lowest BCUT2D eigenvalue weighted by Crippen LogP contribution is -2.28. The first-order valence-electron chi connectivity index (χ1n) is 5.99. The van der Waals surface area contributed by atoms with Gasteiger partial charge in [-0.05, 0) is 42.0 Å². The van der Waals surface area contributed by atoms with Crippen LogP contribution in [-0.4, -0.2) is 6.54 Å². The molecule has 1 aliphatic heterocycles. The second kappa shape index (κ2) is 5.63. The normalized spacial score (nSPS) is 13.9. The molecule has 3 rings (SSSR count). The molecule has 1 aliphatic rings. The zero-order valence-electron chi connectivity index (χ0n) is 10.1. The maximum absolute atomic E-state index is 6.05. The van der Waals surface area contributed by atoms with Crippen LogP contribution in [0.5, 0.6) is 0 Å². The Morgan fingerprint density at radius 2 is 2.11 bits per heavy atom. The molecule has 0 amide bonds. The summed E-state index contributed by atoms with van der Waals surface area (Å²) in [5.74, 6) is 0. The van der Waals surface area contributed by atoms with Gasteiger partial charge in [0.2, 0.25) is 0 Å². The maximum Gasteiger partial charge on any atom is 0.0522 e. The molecule has 4 heteroatoms. The number of nitrogens with two attached hydrogens (primary N) is 1. The Labute approximate surface area is 118 Å². The number of fused-ring (bicyclic) bond motifs is 1. The van der Waals surface area contributed by atoms with E-state index < -0.39 is 0 Å². The van der Waals surface area contributed by atoms with Crippen molar-refractivity contribution in [1.29, 1.82) is 0 Å². The lowest BCUT2D eigenvalue weighted by molar-refractivity contribution is 0.696. The fourth-order valence-electron chi connectivity index (χ4n) is 2.48. The van der Waals surface area contributed by atoms with Crippen LogP contribution >= 0.6 is 23.7 Å². The van der Waals surface area contributed by atoms with E-state index in [-0.39, 0.29) is 12.4 Å². The Balaban J connectivity index is 0.00000120. The highest BCUT2D eigenvalue weighted by Crippen LogP contribution is 2.32. The molecule has 2 heterocycles. The molecule has 0 unspecified atom stereocenters. The van der Waals surface area contributed by atoms with Gasteiger partial charge in [-0.1, -0.05) is 12.1 Å². The standard InChI is InChI=1S/C14H16N2S.ClH/c15-13-6-1-7-14-12(13)5-2-8-16(14)10-11-4-3-9-17-11;/h1,3-4,6-7,9H,2,5,8,10,15H2;1H. The van der Waals surface area contributed by atoms with Gasteiger partial charge in [0.25, 0.3) is 0 Å². The minimum atomic E-state index is 0. The van der Waals surface area contributed by atoms with Gasteiger partial charge in [-0.2, -0.15) is 0 Å². The predicted octanol–water partition coefficient (Wildman–Crippen LogP) is 3.70. The molecule has 2 aromatic rings. The van der Waals surface area contributed by atoms with Crippen molar-refractivity contribution in [3.8, 4) is 0 Å². The molecule has 0 aliphatic carbocycles. The third-order valence-corrected chi connectivity index (χ3v) is 4.17. The molecule has 0 bridgehead atoms. The quantitative estimate of drug-likeness (QED) is 0.850. The molecular formula is C14H17ClN2S. The summed E-state index contributed by atoms with van der Waals surface area (Å²) in [4.78, 5) is 3.86. The second-order valence-corrected chi connectivity index (χ2v) is 5.48. The first-order chi connectivity index (χ1) is 8.34. The zero-order chi connectivity index (χ0) is 11.7. The fourth-order valence-corrected chi connectivity index (χ4v) is 3.20. The molecule has 1 aromatic heterocycles. The Morgan fingerprint density at radius 1 is 1.22 bits per heavy atom. The Bertz CT molecular complexity index is 511. The van der Waals surface area contributed by atoms with E-state index in [4.69, 9.17) is 5.73 Å². The van der Waals surface area contributed by atoms with E-state index in [1.165, 1.54) is 22.5 Å². The molecule has 2 nitrogen and oxygen atoms in total. The molecular weight excluding hydrogens is 264 g/mol. The van der Waals surface area contributed by atoms with Gasteiger partial charge in [-0.3, -0.25) is 0 Å². The predicted molar refractivity (Wildman–Crippen MR) is 81.8 cm³/mol. The molecule has 96 valence electrons. The largest absolute Gasteiger partial charge is 0.398 e. The van der Waals surface area contributed by atoms with E-state index in [1.54, 1.807) is 0 Å². The molecule has 0 saturated heterocycles. The number of thiophene rings is 1. The SMILES string of the molecule is Cl.Nc1cccc2c1CCCN2Cc1cccs1. The Morgan fingerprint density at radius 3 is 2.89 bits per heavy atom. The molecule has 1 aromatic carbocycles. The highest BCUT2D eigenvalue weighted by Gasteiger charge is 2.18. The number of nitrogen functional groups attached to an aromatic ring is 1. The average molecular weight is 281 g/mol. The minimum absolute atomic E-state index is 0. The van der Waals surface area contributed by atoms with Crippen molar-refractivity contribution in [3.05, 3.63) is 46.2 Å². The highest BCUT2D eigenvalue weighted by atomic mass is 35.5. The Hall–Kier alpha value is -1.19. The van der Waals surface area contributed by atoms with Crippen molar-refractivity contribution in [1.82, 2.24) is 0 Å². The molecule has 18 heavy (non-hydrogen) atoms. The van der Waals surface area contributed by atoms with Gasteiger partial charge < -0.3 is 10.6 Å². The van der Waals surface area contributed by atoms with E-state index in [9.17, 15) is 0 Å². The van der Waals surface area contributed by atoms with Crippen LogP contribution in [0.4, 0.5) is 11.4 Å². The van der Waals surface area contributed by atoms with Gasteiger partial charge in [0, 0.05) is 22.8 Å². The molecule has 0 radical (unpaired) electrons. The summed E-state index contributed by atoms with van der Waals surface area (Å²) in [5.41, 5.74) is 9.65. The van der Waals surface area contributed by atoms with E-state index >= 15 is 0 Å². The molecule has 0 saturated carbocycles. The fraction of sp³-hybridized carbons (Fsp3) is 0.286. The van der Waals surface area contributed by atoms with Crippen LogP contribution in [0.15, 0.2) is 35.7 Å². The van der Waals surface area contributed by atoms with Crippen LogP contribution in [0.3, 0.4) is 0 Å². The van der Waals surface area contributed by atoms with Crippen LogP contribution in [0.1, 0.15) is 16.9 Å². The lowest BCUT2D eigenvalue weighted by atomic mass is 10.00. The third-order valence-electron chi connectivity index (χ3n) is 3.31. The number of anilines is 2. The van der Waals surface area contributed by atoms with Crippen molar-refractivity contribution in [2.45, 2.75) is 19.4 Å². The Kier molecular flexibility index (Phi) is 4.15. The minimum Gasteiger partial charge on any atom is -0.398 e. The van der Waals surface area contributed by atoms with Gasteiger partial charge in [0.05, 0.1) is 6.54 Å². The maximum atomic E-state index is 6.05. The average Bonchev–Trinajstić information content (AvgIpc) is 2.83. The van der Waals surface area contributed by atoms with Gasteiger partial charge >= 0.3 is 0 Å². The molecule has 2 N–H and O–H groups in total. The first-order valence-corrected chi connectivity index (χ1v) is 6.87. The van der Waals surface area contributed by atoms with Gasteiger partial charge in [0.1, 0.15) is 0 Å². The van der Waals surface area contributed by atoms with E-state index in [0.29, 0.717) is 0 Å². The number of halogens is 1. The second-order valence-electron chi connectivity index (χ2n) is 4.45. The smallest absolute Gasteiger partial charge is 0.0522 e. The van der Waals surface area contributed by atoms with Gasteiger partial charge in [-0.25, -0.2) is 0 Å². The van der Waals surface area contributed by atoms with Crippen molar-refractivity contribution in [2.24, 2.45) is 0 Å². The van der Waals surface area contributed by atoms with E-state index in [0.717, 1.165) is 25.2 Å². The summed E-state index contributed by atoms with van der Waals surface area (Å²) >= 11 is 1.82. The van der Waals surface area contributed by atoms with Crippen LogP contribution in [0.2, 0.25) is 0 Å².